The van der Waals surface area contributed by atoms with Gasteiger partial charge in [-0.05, 0) is 28.7 Å². The molecule has 1 N–H and O–H groups in total. The van der Waals surface area contributed by atoms with Gasteiger partial charge in [-0.2, -0.15) is 26.3 Å². The molecule has 2 aromatic carbocycles. The number of benzene rings is 2. The number of carbonyl (C=O) groups excluding carboxylic acids is 1. The highest BCUT2D eigenvalue weighted by molar-refractivity contribution is 5.71. The Morgan fingerprint density at radius 3 is 2.12 bits per heavy atom. The van der Waals surface area contributed by atoms with Crippen molar-refractivity contribution in [3.63, 3.8) is 0 Å². The van der Waals surface area contributed by atoms with Gasteiger partial charge in [0, 0.05) is 24.6 Å². The summed E-state index contributed by atoms with van der Waals surface area (Å²) in [5, 5.41) is 9.86. The maximum absolute atomic E-state index is 13.4. The number of likely N-dealkylation sites (tertiary alicyclic amines) is 1. The van der Waals surface area contributed by atoms with Crippen LogP contribution >= 0.6 is 0 Å². The molecule has 1 aliphatic heterocycles. The van der Waals surface area contributed by atoms with E-state index >= 15 is 0 Å². The molecule has 0 unspecified atom stereocenters. The van der Waals surface area contributed by atoms with E-state index in [1.807, 2.05) is 6.92 Å². The van der Waals surface area contributed by atoms with E-state index in [4.69, 9.17) is 4.74 Å². The van der Waals surface area contributed by atoms with Crippen LogP contribution in [0.1, 0.15) is 24.0 Å². The highest BCUT2D eigenvalue weighted by Crippen LogP contribution is 2.51. The van der Waals surface area contributed by atoms with Gasteiger partial charge in [-0.3, -0.25) is 0 Å². The summed E-state index contributed by atoms with van der Waals surface area (Å²) in [4.78, 5) is 13.3. The average molecular weight is 461 g/mol. The second kappa shape index (κ2) is 8.31. The number of aliphatic hydroxyl groups is 1. The first kappa shape index (κ1) is 23.9. The maximum Gasteiger partial charge on any atom is 0.430 e. The summed E-state index contributed by atoms with van der Waals surface area (Å²) in [5.41, 5.74) is -5.36. The van der Waals surface area contributed by atoms with Gasteiger partial charge in [0.25, 0.3) is 5.60 Å². The van der Waals surface area contributed by atoms with Crippen LogP contribution in [-0.2, 0) is 10.3 Å². The molecule has 4 nitrogen and oxygen atoms in total. The van der Waals surface area contributed by atoms with Crippen molar-refractivity contribution in [3.05, 3.63) is 59.7 Å². The normalized spacial score (nSPS) is 19.8. The number of halogens is 6. The van der Waals surface area contributed by atoms with Gasteiger partial charge in [0.15, 0.2) is 0 Å². The standard InChI is InChI=1S/C22H21F6NO3/c1-13-11-29(19(30)32-2)12-18(13)16-9-8-15(10-17(16)14-6-4-3-5-7-14)20(31,21(23,24)25)22(26,27)28/h3-10,13,18,31H,11-12H2,1-2H3/t13-,18-/m0/s1. The molecule has 1 heterocycles. The van der Waals surface area contributed by atoms with Crippen LogP contribution in [-0.4, -0.2) is 48.7 Å². The number of nitrogens with zero attached hydrogens (tertiary/aromatic N) is 1. The van der Waals surface area contributed by atoms with E-state index in [-0.39, 0.29) is 23.9 Å². The van der Waals surface area contributed by atoms with Crippen molar-refractivity contribution in [2.24, 2.45) is 5.92 Å². The number of rotatable bonds is 3. The maximum atomic E-state index is 13.4. The van der Waals surface area contributed by atoms with Gasteiger partial charge < -0.3 is 14.7 Å². The molecule has 0 aliphatic carbocycles. The Hall–Kier alpha value is -2.75. The second-order valence-electron chi connectivity index (χ2n) is 7.83. The molecule has 3 rings (SSSR count). The van der Waals surface area contributed by atoms with E-state index in [0.717, 1.165) is 6.07 Å². The van der Waals surface area contributed by atoms with Crippen molar-refractivity contribution in [2.75, 3.05) is 20.2 Å². The summed E-state index contributed by atoms with van der Waals surface area (Å²) < 4.78 is 85.3. The zero-order valence-corrected chi connectivity index (χ0v) is 17.2. The Balaban J connectivity index is 2.18. The van der Waals surface area contributed by atoms with Crippen LogP contribution in [0.15, 0.2) is 48.5 Å². The lowest BCUT2D eigenvalue weighted by Crippen LogP contribution is -2.53. The summed E-state index contributed by atoms with van der Waals surface area (Å²) in [6.45, 7) is 2.34. The first-order valence-corrected chi connectivity index (χ1v) is 9.69. The predicted octanol–water partition coefficient (Wildman–Crippen LogP) is 5.47. The molecule has 0 bridgehead atoms. The van der Waals surface area contributed by atoms with Gasteiger partial charge in [0.1, 0.15) is 0 Å². The van der Waals surface area contributed by atoms with E-state index in [1.54, 1.807) is 30.3 Å². The zero-order valence-electron chi connectivity index (χ0n) is 17.2. The van der Waals surface area contributed by atoms with E-state index in [1.165, 1.54) is 18.1 Å². The lowest BCUT2D eigenvalue weighted by molar-refractivity contribution is -0.376. The molecule has 2 aromatic rings. The number of alkyl halides is 6. The Kier molecular flexibility index (Phi) is 6.21. The fraction of sp³-hybridized carbons (Fsp3) is 0.409. The number of methoxy groups -OCH3 is 1. The van der Waals surface area contributed by atoms with Gasteiger partial charge >= 0.3 is 18.4 Å². The first-order valence-electron chi connectivity index (χ1n) is 9.69. The van der Waals surface area contributed by atoms with Crippen molar-refractivity contribution >= 4 is 6.09 Å². The number of carbonyl (C=O) groups is 1. The van der Waals surface area contributed by atoms with Gasteiger partial charge in [-0.15, -0.1) is 0 Å². The lowest BCUT2D eigenvalue weighted by Gasteiger charge is -2.33. The van der Waals surface area contributed by atoms with Crippen molar-refractivity contribution in [1.82, 2.24) is 4.90 Å². The third-order valence-corrected chi connectivity index (χ3v) is 5.82. The molecule has 10 heteroatoms. The molecular formula is C22H21F6NO3. The summed E-state index contributed by atoms with van der Waals surface area (Å²) in [5.74, 6) is -0.491. The predicted molar refractivity (Wildman–Crippen MR) is 104 cm³/mol. The molecule has 0 saturated carbocycles. The fourth-order valence-electron chi connectivity index (χ4n) is 4.11. The third kappa shape index (κ3) is 4.03. The van der Waals surface area contributed by atoms with Crippen molar-refractivity contribution in [2.45, 2.75) is 30.8 Å². The summed E-state index contributed by atoms with van der Waals surface area (Å²) in [7, 11) is 1.22. The minimum Gasteiger partial charge on any atom is -0.453 e. The molecule has 0 aromatic heterocycles. The summed E-state index contributed by atoms with van der Waals surface area (Å²) in [6.07, 6.45) is -12.5. The quantitative estimate of drug-likeness (QED) is 0.617. The van der Waals surface area contributed by atoms with Gasteiger partial charge in [-0.25, -0.2) is 4.79 Å². The van der Waals surface area contributed by atoms with E-state index in [2.05, 4.69) is 0 Å². The molecule has 0 spiro atoms. The Morgan fingerprint density at radius 2 is 1.59 bits per heavy atom. The lowest BCUT2D eigenvalue weighted by atomic mass is 9.81. The number of hydrogen-bond donors (Lipinski definition) is 1. The summed E-state index contributed by atoms with van der Waals surface area (Å²) in [6, 6.07) is 10.5. The second-order valence-corrected chi connectivity index (χ2v) is 7.83. The fourth-order valence-corrected chi connectivity index (χ4v) is 4.11. The van der Waals surface area contributed by atoms with Crippen LogP contribution in [0.4, 0.5) is 31.1 Å². The van der Waals surface area contributed by atoms with Crippen LogP contribution in [0.5, 0.6) is 0 Å². The molecule has 1 saturated heterocycles. The van der Waals surface area contributed by atoms with E-state index in [9.17, 15) is 36.2 Å². The molecule has 0 radical (unpaired) electrons. The van der Waals surface area contributed by atoms with Gasteiger partial charge in [-0.1, -0.05) is 49.4 Å². The minimum atomic E-state index is -5.98. The van der Waals surface area contributed by atoms with Gasteiger partial charge in [0.05, 0.1) is 7.11 Å². The Morgan fingerprint density at radius 1 is 1.00 bits per heavy atom. The van der Waals surface area contributed by atoms with Crippen LogP contribution in [0.25, 0.3) is 11.1 Å². The highest BCUT2D eigenvalue weighted by Gasteiger charge is 2.71. The molecule has 1 aliphatic rings. The summed E-state index contributed by atoms with van der Waals surface area (Å²) >= 11 is 0. The monoisotopic (exact) mass is 461 g/mol. The van der Waals surface area contributed by atoms with Crippen molar-refractivity contribution in [1.29, 1.82) is 0 Å². The van der Waals surface area contributed by atoms with Gasteiger partial charge in [0.2, 0.25) is 0 Å². The molecule has 32 heavy (non-hydrogen) atoms. The Labute approximate surface area is 180 Å². The minimum absolute atomic E-state index is 0.124. The topological polar surface area (TPSA) is 49.8 Å². The van der Waals surface area contributed by atoms with E-state index < -0.39 is 29.6 Å². The highest BCUT2D eigenvalue weighted by atomic mass is 19.4. The first-order chi connectivity index (χ1) is 14.8. The van der Waals surface area contributed by atoms with Crippen LogP contribution in [0, 0.1) is 5.92 Å². The smallest absolute Gasteiger partial charge is 0.430 e. The van der Waals surface area contributed by atoms with Crippen LogP contribution in [0.3, 0.4) is 0 Å². The molecule has 2 atom stereocenters. The molecule has 1 fully saturated rings. The average Bonchev–Trinajstić information content (AvgIpc) is 3.12. The SMILES string of the molecule is COC(=O)N1C[C@H](c2ccc(C(O)(C(F)(F)F)C(F)(F)F)cc2-c2ccccc2)[C@@H](C)C1. The largest absolute Gasteiger partial charge is 0.453 e. The van der Waals surface area contributed by atoms with Crippen LogP contribution in [0.2, 0.25) is 0 Å². The van der Waals surface area contributed by atoms with E-state index in [0.29, 0.717) is 23.7 Å². The third-order valence-electron chi connectivity index (χ3n) is 5.82. The molecular weight excluding hydrogens is 440 g/mol. The Bertz CT molecular complexity index is 960. The molecule has 1 amide bonds. The number of hydrogen-bond acceptors (Lipinski definition) is 3. The van der Waals surface area contributed by atoms with Crippen molar-refractivity contribution in [3.8, 4) is 11.1 Å². The number of ether oxygens (including phenoxy) is 1. The van der Waals surface area contributed by atoms with Crippen molar-refractivity contribution < 1.29 is 41.0 Å². The zero-order chi connectivity index (χ0) is 23.9. The van der Waals surface area contributed by atoms with Crippen LogP contribution < -0.4 is 0 Å². The molecule has 174 valence electrons. The number of amides is 1.